The summed E-state index contributed by atoms with van der Waals surface area (Å²) in [5, 5.41) is 18.5. The molecule has 2 saturated heterocycles. The van der Waals surface area contributed by atoms with Gasteiger partial charge in [-0.15, -0.1) is 0 Å². The van der Waals surface area contributed by atoms with Crippen molar-refractivity contribution in [3.8, 4) is 5.75 Å². The van der Waals surface area contributed by atoms with Crippen molar-refractivity contribution in [2.75, 3.05) is 19.8 Å². The van der Waals surface area contributed by atoms with E-state index in [1.165, 1.54) is 12.8 Å². The summed E-state index contributed by atoms with van der Waals surface area (Å²) >= 11 is 0. The molecule has 0 unspecified atom stereocenters. The number of aromatic nitrogens is 2. The molecule has 2 aromatic rings. The highest BCUT2D eigenvalue weighted by Crippen LogP contribution is 2.29. The van der Waals surface area contributed by atoms with Crippen LogP contribution in [0.5, 0.6) is 5.75 Å². The van der Waals surface area contributed by atoms with Crippen LogP contribution in [-0.4, -0.2) is 63.6 Å². The molecule has 3 heterocycles. The van der Waals surface area contributed by atoms with Gasteiger partial charge in [-0.2, -0.15) is 5.10 Å². The molecule has 7 nitrogen and oxygen atoms in total. The van der Waals surface area contributed by atoms with Crippen molar-refractivity contribution in [2.24, 2.45) is 0 Å². The Balaban J connectivity index is 1.52. The maximum Gasteiger partial charge on any atom is 0.272 e. The molecule has 2 N–H and O–H groups in total. The van der Waals surface area contributed by atoms with E-state index in [0.717, 1.165) is 43.5 Å². The van der Waals surface area contributed by atoms with Gasteiger partial charge in [-0.3, -0.25) is 14.4 Å². The van der Waals surface area contributed by atoms with Crippen molar-refractivity contribution in [3.05, 3.63) is 23.9 Å². The number of aromatic hydroxyl groups is 1. The Morgan fingerprint density at radius 1 is 1.31 bits per heavy atom. The van der Waals surface area contributed by atoms with E-state index in [2.05, 4.69) is 22.2 Å². The third kappa shape index (κ3) is 3.98. The Kier molecular flexibility index (Phi) is 5.79. The molecule has 4 rings (SSSR count). The summed E-state index contributed by atoms with van der Waals surface area (Å²) < 4.78 is 7.59. The summed E-state index contributed by atoms with van der Waals surface area (Å²) in [5.41, 5.74) is 1.22. The van der Waals surface area contributed by atoms with Gasteiger partial charge >= 0.3 is 0 Å². The van der Waals surface area contributed by atoms with Gasteiger partial charge in [0.2, 0.25) is 0 Å². The van der Waals surface area contributed by atoms with Crippen molar-refractivity contribution in [2.45, 2.75) is 70.6 Å². The Morgan fingerprint density at radius 2 is 2.03 bits per heavy atom. The molecule has 2 aliphatic heterocycles. The Labute approximate surface area is 172 Å². The second-order valence-electron chi connectivity index (χ2n) is 8.67. The van der Waals surface area contributed by atoms with E-state index < -0.39 is 0 Å². The van der Waals surface area contributed by atoms with Crippen molar-refractivity contribution in [3.63, 3.8) is 0 Å². The molecule has 2 fully saturated rings. The van der Waals surface area contributed by atoms with Crippen LogP contribution in [0.15, 0.2) is 18.2 Å². The molecule has 158 valence electrons. The van der Waals surface area contributed by atoms with E-state index in [9.17, 15) is 9.90 Å². The molecule has 7 heteroatoms. The summed E-state index contributed by atoms with van der Waals surface area (Å²) in [6, 6.07) is 6.05. The predicted octanol–water partition coefficient (Wildman–Crippen LogP) is 3.08. The molecule has 29 heavy (non-hydrogen) atoms. The number of nitrogens with zero attached hydrogens (tertiary/aromatic N) is 3. The number of carbonyl (C=O) groups is 1. The lowest BCUT2D eigenvalue weighted by atomic mass is 9.89. The minimum absolute atomic E-state index is 0.0964. The van der Waals surface area contributed by atoms with E-state index in [1.807, 2.05) is 13.8 Å². The van der Waals surface area contributed by atoms with Gasteiger partial charge in [0.25, 0.3) is 5.91 Å². The average molecular weight is 401 g/mol. The maximum absolute atomic E-state index is 13.1. The van der Waals surface area contributed by atoms with E-state index in [4.69, 9.17) is 4.74 Å². The van der Waals surface area contributed by atoms with Crippen LogP contribution >= 0.6 is 0 Å². The van der Waals surface area contributed by atoms with Gasteiger partial charge in [-0.1, -0.05) is 13.3 Å². The number of amides is 1. The number of piperidine rings is 1. The van der Waals surface area contributed by atoms with Crippen molar-refractivity contribution in [1.29, 1.82) is 0 Å². The number of fused-ring (bicyclic) bond motifs is 3. The molecule has 2 bridgehead atoms. The van der Waals surface area contributed by atoms with E-state index in [0.29, 0.717) is 17.8 Å². The number of morpholine rings is 1. The number of hydrogen-bond donors (Lipinski definition) is 2. The number of phenolic OH excluding ortho intramolecular Hbond substituents is 1. The minimum Gasteiger partial charge on any atom is -0.508 e. The molecule has 0 saturated carbocycles. The first-order chi connectivity index (χ1) is 14.0. The molecule has 0 aliphatic carbocycles. The number of benzene rings is 1. The average Bonchev–Trinajstić information content (AvgIpc) is 3.05. The van der Waals surface area contributed by atoms with E-state index in [-0.39, 0.29) is 23.7 Å². The largest absolute Gasteiger partial charge is 0.508 e. The number of rotatable bonds is 6. The predicted molar refractivity (Wildman–Crippen MR) is 112 cm³/mol. The zero-order valence-electron chi connectivity index (χ0n) is 17.6. The first-order valence-corrected chi connectivity index (χ1v) is 10.8. The van der Waals surface area contributed by atoms with Crippen molar-refractivity contribution < 1.29 is 14.6 Å². The fourth-order valence-corrected chi connectivity index (χ4v) is 4.75. The molecule has 1 aromatic carbocycles. The van der Waals surface area contributed by atoms with E-state index >= 15 is 0 Å². The summed E-state index contributed by atoms with van der Waals surface area (Å²) in [6.45, 7) is 8.87. The standard InChI is InChI=1S/C22H32N4O3/c1-4-5-8-25-16-9-15(10-17(25)13-29-12-16)23-22(28)21-19-7-6-18(27)11-20(19)26(24-21)14(2)3/h6-7,11,14-17,27H,4-5,8-10,12-13H2,1-3H3,(H,23,28)/t15-,16-,17+. The van der Waals surface area contributed by atoms with Crippen LogP contribution in [0.2, 0.25) is 0 Å². The first kappa shape index (κ1) is 20.2. The fraction of sp³-hybridized carbons (Fsp3) is 0.636. The Hall–Kier alpha value is -2.12. The zero-order valence-corrected chi connectivity index (χ0v) is 17.6. The fourth-order valence-electron chi connectivity index (χ4n) is 4.75. The summed E-state index contributed by atoms with van der Waals surface area (Å²) in [7, 11) is 0. The van der Waals surface area contributed by atoms with Crippen LogP contribution in [0, 0.1) is 0 Å². The number of ether oxygens (including phenoxy) is 1. The zero-order chi connectivity index (χ0) is 20.5. The number of nitrogens with one attached hydrogen (secondary N) is 1. The summed E-state index contributed by atoms with van der Waals surface area (Å²) in [4.78, 5) is 15.7. The molecule has 1 amide bonds. The molecule has 0 radical (unpaired) electrons. The lowest BCUT2D eigenvalue weighted by molar-refractivity contribution is -0.0802. The third-order valence-corrected chi connectivity index (χ3v) is 6.17. The van der Waals surface area contributed by atoms with Gasteiger partial charge in [0.1, 0.15) is 5.75 Å². The second kappa shape index (κ2) is 8.32. The van der Waals surface area contributed by atoms with Crippen LogP contribution in [0.25, 0.3) is 10.9 Å². The Morgan fingerprint density at radius 3 is 2.69 bits per heavy atom. The monoisotopic (exact) mass is 400 g/mol. The van der Waals surface area contributed by atoms with Crippen molar-refractivity contribution in [1.82, 2.24) is 20.0 Å². The maximum atomic E-state index is 13.1. The highest BCUT2D eigenvalue weighted by atomic mass is 16.5. The second-order valence-corrected chi connectivity index (χ2v) is 8.67. The molecule has 2 aliphatic rings. The van der Waals surface area contributed by atoms with Gasteiger partial charge in [0.05, 0.1) is 18.7 Å². The summed E-state index contributed by atoms with van der Waals surface area (Å²) in [5.74, 6) is 0.0459. The lowest BCUT2D eigenvalue weighted by Gasteiger charge is -2.48. The lowest BCUT2D eigenvalue weighted by Crippen LogP contribution is -2.60. The summed E-state index contributed by atoms with van der Waals surface area (Å²) in [6.07, 6.45) is 4.22. The molecule has 0 spiro atoms. The SMILES string of the molecule is CCCCN1[C@@H]2COC[C@H]1C[C@@H](NC(=O)c1nn(C(C)C)c3cc(O)ccc13)C2. The van der Waals surface area contributed by atoms with Crippen LogP contribution < -0.4 is 5.32 Å². The van der Waals surface area contributed by atoms with Gasteiger partial charge in [0.15, 0.2) is 5.69 Å². The topological polar surface area (TPSA) is 79.6 Å². The van der Waals surface area contributed by atoms with Gasteiger partial charge in [-0.25, -0.2) is 0 Å². The van der Waals surface area contributed by atoms with Crippen LogP contribution in [0.4, 0.5) is 0 Å². The smallest absolute Gasteiger partial charge is 0.272 e. The minimum atomic E-state index is -0.133. The number of hydrogen-bond acceptors (Lipinski definition) is 5. The van der Waals surface area contributed by atoms with E-state index in [1.54, 1.807) is 22.9 Å². The molecule has 1 aromatic heterocycles. The quantitative estimate of drug-likeness (QED) is 0.779. The molecule has 3 atom stereocenters. The van der Waals surface area contributed by atoms with Crippen molar-refractivity contribution >= 4 is 16.8 Å². The molecular weight excluding hydrogens is 368 g/mol. The van der Waals surface area contributed by atoms with Crippen LogP contribution in [0.1, 0.15) is 63.0 Å². The first-order valence-electron chi connectivity index (χ1n) is 10.8. The van der Waals surface area contributed by atoms with Crippen LogP contribution in [-0.2, 0) is 4.74 Å². The van der Waals surface area contributed by atoms with Gasteiger partial charge in [0, 0.05) is 35.6 Å². The third-order valence-electron chi connectivity index (χ3n) is 6.17. The normalized spacial score (nSPS) is 24.9. The number of carbonyl (C=O) groups excluding carboxylic acids is 1. The van der Waals surface area contributed by atoms with Crippen LogP contribution in [0.3, 0.4) is 0 Å². The number of unbranched alkanes of at least 4 members (excludes halogenated alkanes) is 1. The molecular formula is C22H32N4O3. The van der Waals surface area contributed by atoms with Gasteiger partial charge < -0.3 is 15.2 Å². The number of phenols is 1. The van der Waals surface area contributed by atoms with Gasteiger partial charge in [-0.05, 0) is 51.8 Å². The Bertz CT molecular complexity index is 864. The highest BCUT2D eigenvalue weighted by molar-refractivity contribution is 6.05. The highest BCUT2D eigenvalue weighted by Gasteiger charge is 2.39.